The third kappa shape index (κ3) is 3.78. The average Bonchev–Trinajstić information content (AvgIpc) is 3.34. The van der Waals surface area contributed by atoms with E-state index in [9.17, 15) is 9.59 Å². The lowest BCUT2D eigenvalue weighted by Crippen LogP contribution is -2.28. The van der Waals surface area contributed by atoms with Gasteiger partial charge in [0, 0.05) is 28.7 Å². The van der Waals surface area contributed by atoms with Gasteiger partial charge in [-0.1, -0.05) is 29.8 Å². The van der Waals surface area contributed by atoms with Crippen LogP contribution in [-0.2, 0) is 11.3 Å². The molecule has 3 heterocycles. The second-order valence-electron chi connectivity index (χ2n) is 8.10. The van der Waals surface area contributed by atoms with E-state index in [1.165, 1.54) is 15.5 Å². The highest BCUT2D eigenvalue weighted by Gasteiger charge is 2.16. The molecule has 0 fully saturated rings. The van der Waals surface area contributed by atoms with Gasteiger partial charge in [-0.25, -0.2) is 18.4 Å². The van der Waals surface area contributed by atoms with Gasteiger partial charge in [-0.3, -0.25) is 4.79 Å². The molecule has 0 saturated heterocycles. The number of halogens is 1. The van der Waals surface area contributed by atoms with E-state index in [0.717, 1.165) is 21.5 Å². The van der Waals surface area contributed by atoms with Gasteiger partial charge in [0.05, 0.1) is 5.69 Å². The Hall–Kier alpha value is -3.91. The molecule has 0 radical (unpaired) electrons. The van der Waals surface area contributed by atoms with Crippen LogP contribution in [0.15, 0.2) is 59.7 Å². The monoisotopic (exact) mass is 460 g/mol. The summed E-state index contributed by atoms with van der Waals surface area (Å²) in [6.45, 7) is 5.78. The Morgan fingerprint density at radius 3 is 2.52 bits per heavy atom. The fraction of sp³-hybridized carbons (Fsp3) is 0.167. The minimum Gasteiger partial charge on any atom is -0.324 e. The van der Waals surface area contributed by atoms with Gasteiger partial charge in [0.25, 0.3) is 0 Å². The van der Waals surface area contributed by atoms with Crippen LogP contribution in [0, 0.1) is 20.8 Å². The van der Waals surface area contributed by atoms with Gasteiger partial charge in [0.15, 0.2) is 5.65 Å². The van der Waals surface area contributed by atoms with Crippen LogP contribution < -0.4 is 11.0 Å². The summed E-state index contributed by atoms with van der Waals surface area (Å²) in [5.74, 6) is -0.374. The normalized spacial score (nSPS) is 11.4. The van der Waals surface area contributed by atoms with Gasteiger partial charge < -0.3 is 5.32 Å². The SMILES string of the molecule is Cc1ccc(-c2cc3c4nn(CC(=O)Nc5ccc(C)c(Cl)c5)c(=O)n4ccn3n2)cc1C. The number of anilines is 1. The second-order valence-corrected chi connectivity index (χ2v) is 8.51. The molecule has 0 bridgehead atoms. The first-order valence-corrected chi connectivity index (χ1v) is 10.8. The molecule has 5 rings (SSSR count). The van der Waals surface area contributed by atoms with Crippen molar-refractivity contribution in [3.05, 3.63) is 87.1 Å². The number of carbonyl (C=O) groups is 1. The second kappa shape index (κ2) is 7.90. The average molecular weight is 461 g/mol. The smallest absolute Gasteiger partial charge is 0.324 e. The summed E-state index contributed by atoms with van der Waals surface area (Å²) in [6, 6.07) is 13.3. The number of aryl methyl sites for hydroxylation is 3. The number of amides is 1. The van der Waals surface area contributed by atoms with E-state index in [2.05, 4.69) is 41.5 Å². The predicted molar refractivity (Wildman–Crippen MR) is 128 cm³/mol. The van der Waals surface area contributed by atoms with Crippen LogP contribution in [0.3, 0.4) is 0 Å². The number of hydrogen-bond acceptors (Lipinski definition) is 4. The number of nitrogens with zero attached hydrogens (tertiary/aromatic N) is 5. The van der Waals surface area contributed by atoms with Gasteiger partial charge in [0.1, 0.15) is 12.1 Å². The van der Waals surface area contributed by atoms with E-state index in [4.69, 9.17) is 11.6 Å². The fourth-order valence-electron chi connectivity index (χ4n) is 3.69. The zero-order valence-electron chi connectivity index (χ0n) is 18.3. The zero-order valence-corrected chi connectivity index (χ0v) is 19.1. The minimum absolute atomic E-state index is 0.226. The standard InChI is InChI=1S/C24H21ClN6O2/c1-14-4-6-17(10-16(14)3)20-12-21-23-28-31(24(33)29(23)8-9-30(21)27-20)13-22(32)26-18-7-5-15(2)19(25)11-18/h4-12H,13H2,1-3H3,(H,26,32). The summed E-state index contributed by atoms with van der Waals surface area (Å²) in [7, 11) is 0. The van der Waals surface area contributed by atoms with Crippen molar-refractivity contribution in [2.24, 2.45) is 0 Å². The Kier molecular flexibility index (Phi) is 5.02. The molecule has 0 aliphatic rings. The van der Waals surface area contributed by atoms with Crippen molar-refractivity contribution in [1.82, 2.24) is 23.8 Å². The van der Waals surface area contributed by atoms with E-state index < -0.39 is 5.69 Å². The molecule has 0 spiro atoms. The highest BCUT2D eigenvalue weighted by molar-refractivity contribution is 6.31. The van der Waals surface area contributed by atoms with Crippen molar-refractivity contribution in [1.29, 1.82) is 0 Å². The number of carbonyl (C=O) groups excluding carboxylic acids is 1. The highest BCUT2D eigenvalue weighted by Crippen LogP contribution is 2.24. The largest absolute Gasteiger partial charge is 0.350 e. The van der Waals surface area contributed by atoms with E-state index in [0.29, 0.717) is 21.9 Å². The van der Waals surface area contributed by atoms with Crippen molar-refractivity contribution < 1.29 is 4.79 Å². The minimum atomic E-state index is -0.404. The van der Waals surface area contributed by atoms with Crippen LogP contribution >= 0.6 is 11.6 Å². The van der Waals surface area contributed by atoms with Crippen LogP contribution in [0.25, 0.3) is 22.4 Å². The van der Waals surface area contributed by atoms with Gasteiger partial charge >= 0.3 is 5.69 Å². The first-order valence-electron chi connectivity index (χ1n) is 10.4. The lowest BCUT2D eigenvalue weighted by Gasteiger charge is -2.06. The molecular weight excluding hydrogens is 440 g/mol. The topological polar surface area (TPSA) is 85.7 Å². The van der Waals surface area contributed by atoms with Crippen molar-refractivity contribution in [3.8, 4) is 11.3 Å². The predicted octanol–water partition coefficient (Wildman–Crippen LogP) is 4.03. The molecule has 3 aromatic heterocycles. The molecule has 0 aliphatic heterocycles. The first kappa shape index (κ1) is 21.0. The summed E-state index contributed by atoms with van der Waals surface area (Å²) >= 11 is 6.12. The van der Waals surface area contributed by atoms with Crippen LogP contribution in [0.5, 0.6) is 0 Å². The zero-order chi connectivity index (χ0) is 23.3. The van der Waals surface area contributed by atoms with E-state index in [1.807, 2.05) is 25.1 Å². The summed E-state index contributed by atoms with van der Waals surface area (Å²) in [5.41, 5.74) is 6.32. The molecule has 1 amide bonds. The molecule has 5 aromatic rings. The number of fused-ring (bicyclic) bond motifs is 3. The molecule has 1 N–H and O–H groups in total. The summed E-state index contributed by atoms with van der Waals surface area (Å²) < 4.78 is 4.24. The Bertz CT molecular complexity index is 1610. The molecular formula is C24H21ClN6O2. The summed E-state index contributed by atoms with van der Waals surface area (Å²) in [4.78, 5) is 25.4. The van der Waals surface area contributed by atoms with Crippen LogP contribution in [0.1, 0.15) is 16.7 Å². The van der Waals surface area contributed by atoms with Gasteiger partial charge in [-0.15, -0.1) is 5.10 Å². The van der Waals surface area contributed by atoms with Crippen LogP contribution in [0.4, 0.5) is 5.69 Å². The quantitative estimate of drug-likeness (QED) is 0.438. The molecule has 0 atom stereocenters. The van der Waals surface area contributed by atoms with Gasteiger partial charge in [-0.05, 0) is 61.7 Å². The van der Waals surface area contributed by atoms with Crippen molar-refractivity contribution in [2.45, 2.75) is 27.3 Å². The number of aromatic nitrogens is 5. The highest BCUT2D eigenvalue weighted by atomic mass is 35.5. The van der Waals surface area contributed by atoms with Gasteiger partial charge in [-0.2, -0.15) is 5.10 Å². The number of rotatable bonds is 4. The fourth-order valence-corrected chi connectivity index (χ4v) is 3.87. The van der Waals surface area contributed by atoms with E-state index >= 15 is 0 Å². The third-order valence-electron chi connectivity index (χ3n) is 5.74. The van der Waals surface area contributed by atoms with E-state index in [1.54, 1.807) is 29.0 Å². The molecule has 9 heteroatoms. The molecule has 0 saturated carbocycles. The maximum atomic E-state index is 12.9. The Labute approximate surface area is 194 Å². The molecule has 33 heavy (non-hydrogen) atoms. The third-order valence-corrected chi connectivity index (χ3v) is 6.15. The number of benzene rings is 2. The number of nitrogens with one attached hydrogen (secondary N) is 1. The Balaban J connectivity index is 1.48. The van der Waals surface area contributed by atoms with Crippen LogP contribution in [0.2, 0.25) is 5.02 Å². The summed E-state index contributed by atoms with van der Waals surface area (Å²) in [5, 5.41) is 12.4. The number of hydrogen-bond donors (Lipinski definition) is 1. The van der Waals surface area contributed by atoms with Crippen LogP contribution in [-0.4, -0.2) is 29.7 Å². The molecule has 0 aliphatic carbocycles. The molecule has 8 nitrogen and oxygen atoms in total. The lowest BCUT2D eigenvalue weighted by atomic mass is 10.0. The summed E-state index contributed by atoms with van der Waals surface area (Å²) in [6.07, 6.45) is 3.30. The lowest BCUT2D eigenvalue weighted by molar-refractivity contribution is -0.117. The Morgan fingerprint density at radius 2 is 1.76 bits per heavy atom. The van der Waals surface area contributed by atoms with Crippen molar-refractivity contribution in [2.75, 3.05) is 5.32 Å². The maximum Gasteiger partial charge on any atom is 0.350 e. The maximum absolute atomic E-state index is 12.9. The first-order chi connectivity index (χ1) is 15.8. The molecule has 166 valence electrons. The van der Waals surface area contributed by atoms with Crippen molar-refractivity contribution >= 4 is 34.4 Å². The van der Waals surface area contributed by atoms with Crippen molar-refractivity contribution in [3.63, 3.8) is 0 Å². The molecule has 2 aromatic carbocycles. The van der Waals surface area contributed by atoms with E-state index in [-0.39, 0.29) is 12.5 Å². The Morgan fingerprint density at radius 1 is 0.970 bits per heavy atom. The molecule has 0 unspecified atom stereocenters. The van der Waals surface area contributed by atoms with Gasteiger partial charge in [0.2, 0.25) is 5.91 Å².